The second kappa shape index (κ2) is 6.46. The van der Waals surface area contributed by atoms with Crippen LogP contribution >= 0.6 is 0 Å². The summed E-state index contributed by atoms with van der Waals surface area (Å²) < 4.78 is 0. The molecular formula is C16H20N2O4. The van der Waals surface area contributed by atoms with Crippen molar-refractivity contribution in [1.29, 1.82) is 0 Å². The van der Waals surface area contributed by atoms with Crippen molar-refractivity contribution < 1.29 is 19.5 Å². The van der Waals surface area contributed by atoms with Crippen LogP contribution in [0.2, 0.25) is 0 Å². The van der Waals surface area contributed by atoms with Crippen LogP contribution in [0.1, 0.15) is 30.4 Å². The second-order valence-electron chi connectivity index (χ2n) is 5.74. The summed E-state index contributed by atoms with van der Waals surface area (Å²) in [6.45, 7) is 1.21. The molecule has 2 aliphatic rings. The number of nitrogens with zero attached hydrogens (tertiary/aromatic N) is 2. The maximum absolute atomic E-state index is 12.4. The number of aliphatic hydroxyl groups is 1. The molecule has 0 aliphatic carbocycles. The average Bonchev–Trinajstić information content (AvgIpc) is 2.70. The number of fused-ring (bicyclic) bond motifs is 1. The van der Waals surface area contributed by atoms with Gasteiger partial charge in [0, 0.05) is 6.54 Å². The first kappa shape index (κ1) is 15.0. The van der Waals surface area contributed by atoms with E-state index in [1.807, 2.05) is 24.3 Å². The highest BCUT2D eigenvalue weighted by Crippen LogP contribution is 2.20. The van der Waals surface area contributed by atoms with Gasteiger partial charge in [0.05, 0.1) is 6.54 Å². The molecule has 118 valence electrons. The number of benzene rings is 1. The Balaban J connectivity index is 1.64. The Bertz CT molecular complexity index is 575. The van der Waals surface area contributed by atoms with Crippen LogP contribution < -0.4 is 0 Å². The van der Waals surface area contributed by atoms with Gasteiger partial charge in [0.2, 0.25) is 0 Å². The number of carbonyl (C=O) groups excluding carboxylic acids is 2. The normalized spacial score (nSPS) is 22.2. The van der Waals surface area contributed by atoms with Crippen LogP contribution in [0.4, 0.5) is 0 Å². The van der Waals surface area contributed by atoms with Gasteiger partial charge < -0.3 is 10.0 Å². The molecule has 2 amide bonds. The molecule has 1 unspecified atom stereocenters. The Morgan fingerprint density at radius 1 is 1.27 bits per heavy atom. The summed E-state index contributed by atoms with van der Waals surface area (Å²) in [4.78, 5) is 31.3. The van der Waals surface area contributed by atoms with Gasteiger partial charge in [-0.3, -0.25) is 14.4 Å². The predicted octanol–water partition coefficient (Wildman–Crippen LogP) is 0.834. The number of hydrogen-bond donors (Lipinski definition) is 1. The molecule has 6 nitrogen and oxygen atoms in total. The third-order valence-electron chi connectivity index (χ3n) is 4.16. The van der Waals surface area contributed by atoms with E-state index >= 15 is 0 Å². The van der Waals surface area contributed by atoms with E-state index in [1.54, 1.807) is 0 Å². The largest absolute Gasteiger partial charge is 0.383 e. The van der Waals surface area contributed by atoms with Gasteiger partial charge in [-0.1, -0.05) is 24.3 Å². The first-order valence-corrected chi connectivity index (χ1v) is 7.62. The summed E-state index contributed by atoms with van der Waals surface area (Å²) >= 11 is 0. The summed E-state index contributed by atoms with van der Waals surface area (Å²) in [6, 6.07) is 7.82. The number of rotatable bonds is 2. The van der Waals surface area contributed by atoms with E-state index in [1.165, 1.54) is 9.96 Å². The lowest BCUT2D eigenvalue weighted by Crippen LogP contribution is -2.46. The Hall–Kier alpha value is -1.92. The molecule has 2 heterocycles. The molecule has 2 aliphatic heterocycles. The lowest BCUT2D eigenvalue weighted by molar-refractivity contribution is -0.202. The summed E-state index contributed by atoms with van der Waals surface area (Å²) in [5.74, 6) is -0.611. The summed E-state index contributed by atoms with van der Waals surface area (Å²) in [6.07, 6.45) is 1.08. The fraction of sp³-hybridized carbons (Fsp3) is 0.500. The van der Waals surface area contributed by atoms with Crippen molar-refractivity contribution in [3.8, 4) is 0 Å². The van der Waals surface area contributed by atoms with Crippen molar-refractivity contribution in [2.24, 2.45) is 0 Å². The Morgan fingerprint density at radius 2 is 2.05 bits per heavy atom. The van der Waals surface area contributed by atoms with E-state index in [0.29, 0.717) is 26.1 Å². The van der Waals surface area contributed by atoms with Crippen molar-refractivity contribution in [1.82, 2.24) is 9.96 Å². The van der Waals surface area contributed by atoms with Gasteiger partial charge in [-0.05, 0) is 30.4 Å². The Morgan fingerprint density at radius 3 is 2.86 bits per heavy atom. The zero-order valence-electron chi connectivity index (χ0n) is 12.4. The fourth-order valence-corrected chi connectivity index (χ4v) is 2.84. The third kappa shape index (κ3) is 3.13. The Kier molecular flexibility index (Phi) is 4.40. The van der Waals surface area contributed by atoms with Gasteiger partial charge in [-0.25, -0.2) is 5.06 Å². The minimum absolute atomic E-state index is 0.0436. The zero-order valence-corrected chi connectivity index (χ0v) is 12.4. The molecule has 1 N–H and O–H groups in total. The van der Waals surface area contributed by atoms with Gasteiger partial charge in [-0.2, -0.15) is 0 Å². The molecular weight excluding hydrogens is 284 g/mol. The molecule has 0 aromatic heterocycles. The number of aliphatic hydroxyl groups excluding tert-OH is 1. The van der Waals surface area contributed by atoms with Crippen LogP contribution in [0.3, 0.4) is 0 Å². The quantitative estimate of drug-likeness (QED) is 0.879. The monoisotopic (exact) mass is 304 g/mol. The molecule has 0 radical (unpaired) electrons. The maximum Gasteiger partial charge on any atom is 0.266 e. The SMILES string of the molecule is O=C1C(O)CCCCN1CC(=O)N1Cc2ccccc2CO1. The molecule has 1 atom stereocenters. The molecule has 0 bridgehead atoms. The van der Waals surface area contributed by atoms with E-state index in [0.717, 1.165) is 24.0 Å². The van der Waals surface area contributed by atoms with Crippen molar-refractivity contribution in [3.05, 3.63) is 35.4 Å². The minimum Gasteiger partial charge on any atom is -0.383 e. The van der Waals surface area contributed by atoms with E-state index in [9.17, 15) is 14.7 Å². The average molecular weight is 304 g/mol. The molecule has 22 heavy (non-hydrogen) atoms. The third-order valence-corrected chi connectivity index (χ3v) is 4.16. The number of hydroxylamine groups is 2. The first-order valence-electron chi connectivity index (χ1n) is 7.62. The van der Waals surface area contributed by atoms with Crippen LogP contribution in [-0.2, 0) is 27.6 Å². The topological polar surface area (TPSA) is 70.1 Å². The molecule has 0 spiro atoms. The van der Waals surface area contributed by atoms with Crippen molar-refractivity contribution in [2.45, 2.75) is 38.5 Å². The molecule has 1 aromatic rings. The van der Waals surface area contributed by atoms with Crippen LogP contribution in [-0.4, -0.2) is 46.1 Å². The zero-order chi connectivity index (χ0) is 15.5. The molecule has 3 rings (SSSR count). The molecule has 0 saturated carbocycles. The highest BCUT2D eigenvalue weighted by atomic mass is 16.7. The van der Waals surface area contributed by atoms with Gasteiger partial charge in [0.25, 0.3) is 11.8 Å². The standard InChI is InChI=1S/C16H20N2O4/c19-14-7-3-4-8-17(16(14)21)10-15(20)18-9-12-5-1-2-6-13(12)11-22-18/h1-2,5-6,14,19H,3-4,7-11H2. The van der Waals surface area contributed by atoms with Gasteiger partial charge in [0.1, 0.15) is 19.3 Å². The number of carbonyl (C=O) groups is 2. The van der Waals surface area contributed by atoms with Crippen LogP contribution in [0.25, 0.3) is 0 Å². The molecule has 1 saturated heterocycles. The highest BCUT2D eigenvalue weighted by molar-refractivity contribution is 5.86. The summed E-state index contributed by atoms with van der Waals surface area (Å²) in [5.41, 5.74) is 2.14. The molecule has 1 fully saturated rings. The van der Waals surface area contributed by atoms with Crippen molar-refractivity contribution >= 4 is 11.8 Å². The minimum atomic E-state index is -0.988. The maximum atomic E-state index is 12.4. The van der Waals surface area contributed by atoms with Gasteiger partial charge >= 0.3 is 0 Å². The van der Waals surface area contributed by atoms with Gasteiger partial charge in [0.15, 0.2) is 0 Å². The van der Waals surface area contributed by atoms with E-state index < -0.39 is 6.10 Å². The van der Waals surface area contributed by atoms with Crippen molar-refractivity contribution in [3.63, 3.8) is 0 Å². The number of hydrogen-bond acceptors (Lipinski definition) is 4. The summed E-state index contributed by atoms with van der Waals surface area (Å²) in [7, 11) is 0. The number of amides is 2. The Labute approximate surface area is 129 Å². The molecule has 6 heteroatoms. The van der Waals surface area contributed by atoms with E-state index in [2.05, 4.69) is 0 Å². The fourth-order valence-electron chi connectivity index (χ4n) is 2.84. The van der Waals surface area contributed by atoms with Crippen molar-refractivity contribution in [2.75, 3.05) is 13.1 Å². The highest BCUT2D eigenvalue weighted by Gasteiger charge is 2.29. The van der Waals surface area contributed by atoms with Crippen LogP contribution in [0.15, 0.2) is 24.3 Å². The molecule has 1 aromatic carbocycles. The van der Waals surface area contributed by atoms with E-state index in [4.69, 9.17) is 4.84 Å². The lowest BCUT2D eigenvalue weighted by atomic mass is 10.1. The predicted molar refractivity (Wildman–Crippen MR) is 78.2 cm³/mol. The van der Waals surface area contributed by atoms with Crippen LogP contribution in [0.5, 0.6) is 0 Å². The van der Waals surface area contributed by atoms with Crippen LogP contribution in [0, 0.1) is 0 Å². The van der Waals surface area contributed by atoms with E-state index in [-0.39, 0.29) is 18.4 Å². The second-order valence-corrected chi connectivity index (χ2v) is 5.74. The smallest absolute Gasteiger partial charge is 0.266 e. The number of likely N-dealkylation sites (tertiary alicyclic amines) is 1. The van der Waals surface area contributed by atoms with Gasteiger partial charge in [-0.15, -0.1) is 0 Å². The lowest BCUT2D eigenvalue weighted by Gasteiger charge is -2.30. The first-order chi connectivity index (χ1) is 10.6. The summed E-state index contributed by atoms with van der Waals surface area (Å²) in [5, 5.41) is 11.0.